The van der Waals surface area contributed by atoms with Crippen LogP contribution in [-0.2, 0) is 9.53 Å². The Morgan fingerprint density at radius 3 is 2.45 bits per heavy atom. The molecule has 0 spiro atoms. The number of hydrogen-bond donors (Lipinski definition) is 0. The molecule has 2 unspecified atom stereocenters. The highest BCUT2D eigenvalue weighted by Crippen LogP contribution is 2.43. The van der Waals surface area contributed by atoms with Crippen LogP contribution in [0.1, 0.15) is 27.7 Å². The van der Waals surface area contributed by atoms with E-state index in [1.807, 2.05) is 27.7 Å². The van der Waals surface area contributed by atoms with Gasteiger partial charge in [0.2, 0.25) is 0 Å². The average Bonchev–Trinajstić information content (AvgIpc) is 1.98. The van der Waals surface area contributed by atoms with E-state index in [2.05, 4.69) is 0 Å². The van der Waals surface area contributed by atoms with Crippen LogP contribution in [0, 0.1) is 11.3 Å². The average molecular weight is 156 g/mol. The minimum Gasteiger partial charge on any atom is -0.377 e. The van der Waals surface area contributed by atoms with Crippen LogP contribution in [0.15, 0.2) is 0 Å². The second-order valence-corrected chi connectivity index (χ2v) is 3.75. The lowest BCUT2D eigenvalue weighted by molar-refractivity contribution is -0.171. The molecule has 0 aromatic carbocycles. The number of carbonyl (C=O) groups is 1. The van der Waals surface area contributed by atoms with E-state index in [0.717, 1.165) is 0 Å². The minimum atomic E-state index is -0.241. The van der Waals surface area contributed by atoms with E-state index in [9.17, 15) is 4.79 Å². The number of carbonyl (C=O) groups excluding carboxylic acids is 1. The van der Waals surface area contributed by atoms with Crippen molar-refractivity contribution in [2.24, 2.45) is 11.3 Å². The lowest BCUT2D eigenvalue weighted by atomic mass is 9.61. The first-order chi connectivity index (χ1) is 5.01. The summed E-state index contributed by atoms with van der Waals surface area (Å²) in [5.74, 6) is 0.431. The highest BCUT2D eigenvalue weighted by Gasteiger charge is 2.54. The summed E-state index contributed by atoms with van der Waals surface area (Å²) in [4.78, 5) is 11.3. The van der Waals surface area contributed by atoms with Crippen molar-refractivity contribution < 1.29 is 9.53 Å². The molecule has 1 aliphatic rings. The molecule has 0 bridgehead atoms. The van der Waals surface area contributed by atoms with Crippen LogP contribution in [0.5, 0.6) is 0 Å². The van der Waals surface area contributed by atoms with Crippen molar-refractivity contribution in [1.29, 1.82) is 0 Å². The summed E-state index contributed by atoms with van der Waals surface area (Å²) in [5, 5.41) is 0. The van der Waals surface area contributed by atoms with E-state index in [1.165, 1.54) is 0 Å². The zero-order valence-corrected chi connectivity index (χ0v) is 7.68. The molecule has 0 N–H and O–H groups in total. The van der Waals surface area contributed by atoms with Gasteiger partial charge in [-0.25, -0.2) is 0 Å². The van der Waals surface area contributed by atoms with Gasteiger partial charge in [0.05, 0.1) is 11.5 Å². The fourth-order valence-electron chi connectivity index (χ4n) is 1.93. The molecular formula is C9H16O2. The quantitative estimate of drug-likeness (QED) is 0.607. The zero-order valence-electron chi connectivity index (χ0n) is 7.68. The van der Waals surface area contributed by atoms with Crippen LogP contribution in [0.25, 0.3) is 0 Å². The molecule has 0 saturated heterocycles. The molecule has 11 heavy (non-hydrogen) atoms. The Kier molecular flexibility index (Phi) is 2.06. The van der Waals surface area contributed by atoms with Gasteiger partial charge >= 0.3 is 0 Å². The third-order valence-electron chi connectivity index (χ3n) is 2.56. The molecule has 1 rings (SSSR count). The van der Waals surface area contributed by atoms with Gasteiger partial charge in [-0.15, -0.1) is 0 Å². The summed E-state index contributed by atoms with van der Waals surface area (Å²) in [6.07, 6.45) is 0.139. The molecule has 2 nitrogen and oxygen atoms in total. The Balaban J connectivity index is 2.61. The second kappa shape index (κ2) is 2.59. The molecule has 0 aromatic heterocycles. The predicted molar refractivity (Wildman–Crippen MR) is 43.4 cm³/mol. The standard InChI is InChI=1S/C9H16O2/c1-5-11-8-6(2)7(10)9(8,3)4/h6,8H,5H2,1-4H3. The number of ketones is 1. The normalized spacial score (nSPS) is 35.1. The summed E-state index contributed by atoms with van der Waals surface area (Å²) < 4.78 is 5.45. The van der Waals surface area contributed by atoms with Crippen LogP contribution in [0.4, 0.5) is 0 Å². The Labute approximate surface area is 67.9 Å². The van der Waals surface area contributed by atoms with Crippen LogP contribution in [0.2, 0.25) is 0 Å². The van der Waals surface area contributed by atoms with Crippen LogP contribution >= 0.6 is 0 Å². The van der Waals surface area contributed by atoms with E-state index in [0.29, 0.717) is 12.4 Å². The zero-order chi connectivity index (χ0) is 8.65. The molecule has 0 aliphatic heterocycles. The minimum absolute atomic E-state index is 0.102. The van der Waals surface area contributed by atoms with Crippen molar-refractivity contribution in [3.05, 3.63) is 0 Å². The lowest BCUT2D eigenvalue weighted by Crippen LogP contribution is -2.58. The smallest absolute Gasteiger partial charge is 0.146 e. The largest absolute Gasteiger partial charge is 0.377 e. The first-order valence-electron chi connectivity index (χ1n) is 4.17. The van der Waals surface area contributed by atoms with Crippen molar-refractivity contribution in [2.75, 3.05) is 6.61 Å². The Morgan fingerprint density at radius 1 is 1.55 bits per heavy atom. The van der Waals surface area contributed by atoms with Crippen molar-refractivity contribution in [2.45, 2.75) is 33.8 Å². The molecule has 0 amide bonds. The van der Waals surface area contributed by atoms with Crippen LogP contribution in [-0.4, -0.2) is 18.5 Å². The summed E-state index contributed by atoms with van der Waals surface area (Å²) in [5.41, 5.74) is -0.241. The van der Waals surface area contributed by atoms with Crippen LogP contribution in [0.3, 0.4) is 0 Å². The van der Waals surface area contributed by atoms with Crippen molar-refractivity contribution >= 4 is 5.78 Å². The highest BCUT2D eigenvalue weighted by atomic mass is 16.5. The van der Waals surface area contributed by atoms with Gasteiger partial charge in [-0.05, 0) is 6.92 Å². The van der Waals surface area contributed by atoms with Crippen LogP contribution < -0.4 is 0 Å². The van der Waals surface area contributed by atoms with Gasteiger partial charge in [0.1, 0.15) is 5.78 Å². The molecular weight excluding hydrogens is 140 g/mol. The van der Waals surface area contributed by atoms with Gasteiger partial charge in [0.15, 0.2) is 0 Å². The maximum absolute atomic E-state index is 11.3. The van der Waals surface area contributed by atoms with Gasteiger partial charge in [-0.1, -0.05) is 20.8 Å². The van der Waals surface area contributed by atoms with Gasteiger partial charge in [-0.2, -0.15) is 0 Å². The molecule has 2 atom stereocenters. The SMILES string of the molecule is CCOC1C(C)C(=O)C1(C)C. The summed E-state index contributed by atoms with van der Waals surface area (Å²) >= 11 is 0. The number of rotatable bonds is 2. The fourth-order valence-corrected chi connectivity index (χ4v) is 1.93. The highest BCUT2D eigenvalue weighted by molar-refractivity contribution is 5.93. The molecule has 0 heterocycles. The van der Waals surface area contributed by atoms with Crippen molar-refractivity contribution in [1.82, 2.24) is 0 Å². The number of Topliss-reactive ketones (excluding diaryl/α,β-unsaturated/α-hetero) is 1. The first-order valence-corrected chi connectivity index (χ1v) is 4.17. The Hall–Kier alpha value is -0.370. The maximum Gasteiger partial charge on any atom is 0.146 e. The Morgan fingerprint density at radius 2 is 2.09 bits per heavy atom. The van der Waals surface area contributed by atoms with E-state index in [1.54, 1.807) is 0 Å². The second-order valence-electron chi connectivity index (χ2n) is 3.75. The summed E-state index contributed by atoms with van der Waals surface area (Å²) in [6, 6.07) is 0. The van der Waals surface area contributed by atoms with E-state index in [4.69, 9.17) is 4.74 Å². The third kappa shape index (κ3) is 1.09. The van der Waals surface area contributed by atoms with E-state index in [-0.39, 0.29) is 17.4 Å². The molecule has 1 aliphatic carbocycles. The number of hydrogen-bond acceptors (Lipinski definition) is 2. The monoisotopic (exact) mass is 156 g/mol. The lowest BCUT2D eigenvalue weighted by Gasteiger charge is -2.47. The fraction of sp³-hybridized carbons (Fsp3) is 0.889. The molecule has 64 valence electrons. The molecule has 1 fully saturated rings. The van der Waals surface area contributed by atoms with Crippen molar-refractivity contribution in [3.8, 4) is 0 Å². The van der Waals surface area contributed by atoms with E-state index < -0.39 is 0 Å². The molecule has 2 heteroatoms. The van der Waals surface area contributed by atoms with Gasteiger partial charge in [-0.3, -0.25) is 4.79 Å². The van der Waals surface area contributed by atoms with Crippen molar-refractivity contribution in [3.63, 3.8) is 0 Å². The van der Waals surface area contributed by atoms with Gasteiger partial charge in [0.25, 0.3) is 0 Å². The maximum atomic E-state index is 11.3. The predicted octanol–water partition coefficient (Wildman–Crippen LogP) is 1.64. The van der Waals surface area contributed by atoms with E-state index >= 15 is 0 Å². The van der Waals surface area contributed by atoms with Gasteiger partial charge in [0, 0.05) is 12.5 Å². The summed E-state index contributed by atoms with van der Waals surface area (Å²) in [6.45, 7) is 8.51. The molecule has 0 radical (unpaired) electrons. The number of ether oxygens (including phenoxy) is 1. The van der Waals surface area contributed by atoms with Gasteiger partial charge < -0.3 is 4.74 Å². The molecule has 0 aromatic rings. The third-order valence-corrected chi connectivity index (χ3v) is 2.56. The summed E-state index contributed by atoms with van der Waals surface area (Å²) in [7, 11) is 0. The molecule has 1 saturated carbocycles. The Bertz CT molecular complexity index is 172. The first kappa shape index (κ1) is 8.72. The topological polar surface area (TPSA) is 26.3 Å².